The molecule has 6 nitrogen and oxygen atoms in total. The Morgan fingerprint density at radius 3 is 2.56 bits per heavy atom. The van der Waals surface area contributed by atoms with Crippen molar-refractivity contribution >= 4 is 29.0 Å². The summed E-state index contributed by atoms with van der Waals surface area (Å²) in [5.41, 5.74) is 2.96. The highest BCUT2D eigenvalue weighted by molar-refractivity contribution is 7.99. The van der Waals surface area contributed by atoms with Crippen molar-refractivity contribution in [2.24, 2.45) is 0 Å². The molecule has 0 aliphatic carbocycles. The first-order chi connectivity index (χ1) is 12.2. The summed E-state index contributed by atoms with van der Waals surface area (Å²) in [6.45, 7) is 2.20. The van der Waals surface area contributed by atoms with Gasteiger partial charge in [0.05, 0.1) is 12.5 Å². The number of rotatable bonds is 3. The van der Waals surface area contributed by atoms with E-state index in [1.54, 1.807) is 11.8 Å². The zero-order valence-corrected chi connectivity index (χ0v) is 14.5. The van der Waals surface area contributed by atoms with Crippen LogP contribution >= 0.6 is 11.8 Å². The summed E-state index contributed by atoms with van der Waals surface area (Å²) in [7, 11) is 0. The first-order valence-electron chi connectivity index (χ1n) is 7.95. The molecule has 2 heterocycles. The van der Waals surface area contributed by atoms with E-state index in [-0.39, 0.29) is 5.91 Å². The van der Waals surface area contributed by atoms with Crippen molar-refractivity contribution in [3.05, 3.63) is 54.6 Å². The van der Waals surface area contributed by atoms with Gasteiger partial charge >= 0.3 is 0 Å². The molecule has 2 aromatic carbocycles. The minimum Gasteiger partial charge on any atom is -0.344 e. The molecule has 0 bridgehead atoms. The maximum Gasteiger partial charge on any atom is 0.221 e. The summed E-state index contributed by atoms with van der Waals surface area (Å²) >= 11 is 1.67. The molecule has 0 atom stereocenters. The van der Waals surface area contributed by atoms with E-state index >= 15 is 0 Å². The van der Waals surface area contributed by atoms with Crippen LogP contribution in [0.4, 0.5) is 11.4 Å². The topological polar surface area (TPSA) is 63.1 Å². The monoisotopic (exact) mass is 351 g/mol. The Bertz CT molecular complexity index is 892. The number of carbonyl (C=O) groups excluding carboxylic acids is 1. The quantitative estimate of drug-likeness (QED) is 0.783. The molecular formula is C18H17N5OS. The Labute approximate surface area is 149 Å². The van der Waals surface area contributed by atoms with Crippen LogP contribution in [0.25, 0.3) is 11.4 Å². The fraction of sp³-hybridized carbons (Fsp3) is 0.167. The van der Waals surface area contributed by atoms with E-state index in [1.807, 2.05) is 54.6 Å². The maximum atomic E-state index is 11.1. The van der Waals surface area contributed by atoms with Gasteiger partial charge in [-0.1, -0.05) is 42.1 Å². The fourth-order valence-electron chi connectivity index (χ4n) is 2.79. The Morgan fingerprint density at radius 2 is 1.84 bits per heavy atom. The number of aromatic nitrogens is 3. The van der Waals surface area contributed by atoms with E-state index in [0.717, 1.165) is 33.8 Å². The first-order valence-corrected chi connectivity index (χ1v) is 8.93. The van der Waals surface area contributed by atoms with Crippen LogP contribution in [0.1, 0.15) is 6.92 Å². The molecule has 0 radical (unpaired) electrons. The van der Waals surface area contributed by atoms with E-state index in [4.69, 9.17) is 0 Å². The minimum absolute atomic E-state index is 0.0667. The van der Waals surface area contributed by atoms with Gasteiger partial charge in [0.1, 0.15) is 0 Å². The lowest BCUT2D eigenvalue weighted by molar-refractivity contribution is -0.114. The van der Waals surface area contributed by atoms with E-state index < -0.39 is 0 Å². The SMILES string of the molecule is CC(=O)Nc1ccc(N2CSc3nnc(-c4ccccc4)n3C2)cc1. The van der Waals surface area contributed by atoms with Crippen LogP contribution in [0.2, 0.25) is 0 Å². The third-order valence-corrected chi connectivity index (χ3v) is 4.96. The van der Waals surface area contributed by atoms with E-state index in [1.165, 1.54) is 6.92 Å². The summed E-state index contributed by atoms with van der Waals surface area (Å²) in [5, 5.41) is 12.4. The van der Waals surface area contributed by atoms with Crippen LogP contribution in [0.15, 0.2) is 59.8 Å². The van der Waals surface area contributed by atoms with Crippen molar-refractivity contribution in [3.63, 3.8) is 0 Å². The third-order valence-electron chi connectivity index (χ3n) is 3.96. The van der Waals surface area contributed by atoms with Crippen molar-refractivity contribution in [1.29, 1.82) is 0 Å². The Morgan fingerprint density at radius 1 is 1.08 bits per heavy atom. The van der Waals surface area contributed by atoms with E-state index in [0.29, 0.717) is 6.67 Å². The molecule has 1 aliphatic rings. The molecule has 1 N–H and O–H groups in total. The molecule has 25 heavy (non-hydrogen) atoms. The molecule has 1 amide bonds. The molecule has 0 saturated heterocycles. The molecule has 7 heteroatoms. The zero-order chi connectivity index (χ0) is 17.2. The van der Waals surface area contributed by atoms with Gasteiger partial charge in [-0.05, 0) is 24.3 Å². The van der Waals surface area contributed by atoms with Gasteiger partial charge in [-0.15, -0.1) is 10.2 Å². The molecule has 0 unspecified atom stereocenters. The molecule has 0 spiro atoms. The minimum atomic E-state index is -0.0667. The summed E-state index contributed by atoms with van der Waals surface area (Å²) < 4.78 is 2.13. The largest absolute Gasteiger partial charge is 0.344 e. The van der Waals surface area contributed by atoms with Crippen LogP contribution in [-0.2, 0) is 11.5 Å². The Kier molecular flexibility index (Phi) is 4.15. The number of hydrogen-bond acceptors (Lipinski definition) is 5. The predicted molar refractivity (Wildman–Crippen MR) is 99.4 cm³/mol. The van der Waals surface area contributed by atoms with Crippen LogP contribution in [-0.4, -0.2) is 26.5 Å². The van der Waals surface area contributed by atoms with Gasteiger partial charge in [0.15, 0.2) is 11.0 Å². The second kappa shape index (κ2) is 6.60. The zero-order valence-electron chi connectivity index (χ0n) is 13.7. The second-order valence-electron chi connectivity index (χ2n) is 5.78. The first kappa shape index (κ1) is 15.7. The molecule has 4 rings (SSSR count). The summed E-state index contributed by atoms with van der Waals surface area (Å²) in [6.07, 6.45) is 0. The number of nitrogens with one attached hydrogen (secondary N) is 1. The van der Waals surface area contributed by atoms with Crippen LogP contribution in [0.5, 0.6) is 0 Å². The van der Waals surface area contributed by atoms with Crippen molar-refractivity contribution in [2.75, 3.05) is 16.1 Å². The summed E-state index contributed by atoms with van der Waals surface area (Å²) in [5.74, 6) is 1.62. The Balaban J connectivity index is 1.58. The average molecular weight is 351 g/mol. The van der Waals surface area contributed by atoms with Crippen molar-refractivity contribution in [2.45, 2.75) is 18.7 Å². The molecule has 3 aromatic rings. The predicted octanol–water partition coefficient (Wildman–Crippen LogP) is 3.43. The number of anilines is 2. The number of nitrogens with zero attached hydrogens (tertiary/aromatic N) is 4. The molecular weight excluding hydrogens is 334 g/mol. The lowest BCUT2D eigenvalue weighted by atomic mass is 10.2. The summed E-state index contributed by atoms with van der Waals surface area (Å²) in [6, 6.07) is 18.0. The lowest BCUT2D eigenvalue weighted by Gasteiger charge is -2.29. The summed E-state index contributed by atoms with van der Waals surface area (Å²) in [4.78, 5) is 13.4. The second-order valence-corrected chi connectivity index (χ2v) is 6.70. The number of hydrogen-bond donors (Lipinski definition) is 1. The molecule has 1 aliphatic heterocycles. The molecule has 1 aromatic heterocycles. The van der Waals surface area contributed by atoms with Gasteiger partial charge < -0.3 is 10.2 Å². The normalized spacial score (nSPS) is 13.4. The van der Waals surface area contributed by atoms with Crippen molar-refractivity contribution in [3.8, 4) is 11.4 Å². The average Bonchev–Trinajstić information content (AvgIpc) is 3.06. The lowest BCUT2D eigenvalue weighted by Crippen LogP contribution is -2.30. The third kappa shape index (κ3) is 3.23. The smallest absolute Gasteiger partial charge is 0.221 e. The standard InChI is InChI=1S/C18H17N5OS/c1-13(24)19-15-7-9-16(10-8-15)22-11-23-17(14-5-3-2-4-6-14)20-21-18(23)25-12-22/h2-10H,11-12H2,1H3,(H,19,24). The molecule has 126 valence electrons. The van der Waals surface area contributed by atoms with E-state index in [9.17, 15) is 4.79 Å². The van der Waals surface area contributed by atoms with Crippen molar-refractivity contribution < 1.29 is 4.79 Å². The van der Waals surface area contributed by atoms with Crippen molar-refractivity contribution in [1.82, 2.24) is 14.8 Å². The maximum absolute atomic E-state index is 11.1. The fourth-order valence-corrected chi connectivity index (χ4v) is 3.69. The van der Waals surface area contributed by atoms with Crippen LogP contribution in [0, 0.1) is 0 Å². The van der Waals surface area contributed by atoms with Crippen LogP contribution in [0.3, 0.4) is 0 Å². The van der Waals surface area contributed by atoms with E-state index in [2.05, 4.69) is 25.0 Å². The Hall–Kier alpha value is -2.80. The van der Waals surface area contributed by atoms with Crippen LogP contribution < -0.4 is 10.2 Å². The number of amides is 1. The molecule has 0 fully saturated rings. The van der Waals surface area contributed by atoms with Gasteiger partial charge in [0, 0.05) is 23.9 Å². The number of carbonyl (C=O) groups is 1. The highest BCUT2D eigenvalue weighted by atomic mass is 32.2. The number of fused-ring (bicyclic) bond motifs is 1. The van der Waals surface area contributed by atoms with Gasteiger partial charge in [0.25, 0.3) is 0 Å². The highest BCUT2D eigenvalue weighted by Gasteiger charge is 2.22. The molecule has 0 saturated carbocycles. The van der Waals surface area contributed by atoms with Gasteiger partial charge in [-0.2, -0.15) is 0 Å². The van der Waals surface area contributed by atoms with Gasteiger partial charge in [-0.25, -0.2) is 0 Å². The highest BCUT2D eigenvalue weighted by Crippen LogP contribution is 2.31. The van der Waals surface area contributed by atoms with Gasteiger partial charge in [0.2, 0.25) is 5.91 Å². The number of thioether (sulfide) groups is 1. The van der Waals surface area contributed by atoms with Gasteiger partial charge in [-0.3, -0.25) is 9.36 Å². The number of benzene rings is 2.